The summed E-state index contributed by atoms with van der Waals surface area (Å²) in [6.45, 7) is 9.42. The van der Waals surface area contributed by atoms with Crippen LogP contribution in [0.5, 0.6) is 0 Å². The van der Waals surface area contributed by atoms with Crippen LogP contribution in [0.4, 0.5) is 0 Å². The van der Waals surface area contributed by atoms with Crippen molar-refractivity contribution in [2.75, 3.05) is 0 Å². The minimum Gasteiger partial charge on any atom is -0.317 e. The van der Waals surface area contributed by atoms with Gasteiger partial charge in [-0.05, 0) is 48.1 Å². The summed E-state index contributed by atoms with van der Waals surface area (Å²) in [7, 11) is 0. The Bertz CT molecular complexity index is 978. The van der Waals surface area contributed by atoms with E-state index in [1.54, 1.807) is 11.3 Å². The van der Waals surface area contributed by atoms with Crippen molar-refractivity contribution in [3.63, 3.8) is 0 Å². The van der Waals surface area contributed by atoms with E-state index in [0.29, 0.717) is 12.3 Å². The number of carbonyl (C=O) groups excluding carboxylic acids is 1. The molecule has 0 aliphatic carbocycles. The Morgan fingerprint density at radius 1 is 1.08 bits per heavy atom. The van der Waals surface area contributed by atoms with Crippen LogP contribution in [0.3, 0.4) is 0 Å². The number of nitrogens with zero attached hydrogens (tertiary/aromatic N) is 2. The van der Waals surface area contributed by atoms with Crippen LogP contribution in [0.15, 0.2) is 47.5 Å². The quantitative estimate of drug-likeness (QED) is 0.620. The third-order valence-electron chi connectivity index (χ3n) is 4.70. The van der Waals surface area contributed by atoms with E-state index in [4.69, 9.17) is 0 Å². The predicted molar refractivity (Wildman–Crippen MR) is 110 cm³/mol. The van der Waals surface area contributed by atoms with Crippen LogP contribution in [0, 0.1) is 0 Å². The molecule has 4 heteroatoms. The van der Waals surface area contributed by atoms with Crippen molar-refractivity contribution < 1.29 is 4.79 Å². The number of amides is 1. The lowest BCUT2D eigenvalue weighted by molar-refractivity contribution is -0.117. The summed E-state index contributed by atoms with van der Waals surface area (Å²) in [5.74, 6) is 0.400. The van der Waals surface area contributed by atoms with E-state index < -0.39 is 0 Å². The van der Waals surface area contributed by atoms with Gasteiger partial charge in [0.25, 0.3) is 5.91 Å². The van der Waals surface area contributed by atoms with E-state index in [1.807, 2.05) is 12.1 Å². The minimum absolute atomic E-state index is 0.0907. The summed E-state index contributed by atoms with van der Waals surface area (Å²) in [6.07, 6.45) is 1.36. The average Bonchev–Trinajstić information content (AvgIpc) is 2.98. The summed E-state index contributed by atoms with van der Waals surface area (Å²) in [4.78, 5) is 17.7. The third-order valence-corrected chi connectivity index (χ3v) is 5.74. The van der Waals surface area contributed by atoms with E-state index in [-0.39, 0.29) is 5.91 Å². The second kappa shape index (κ2) is 8.00. The highest BCUT2D eigenvalue weighted by molar-refractivity contribution is 7.16. The molecule has 0 atom stereocenters. The molecule has 1 amide bonds. The minimum atomic E-state index is -0.0907. The smallest absolute Gasteiger partial charge is 0.252 e. The second-order valence-electron chi connectivity index (χ2n) is 6.86. The van der Waals surface area contributed by atoms with Crippen LogP contribution >= 0.6 is 11.3 Å². The predicted octanol–water partition coefficient (Wildman–Crippen LogP) is 5.08. The molecule has 0 bridgehead atoms. The number of hydrogen-bond acceptors (Lipinski definition) is 2. The van der Waals surface area contributed by atoms with Gasteiger partial charge < -0.3 is 4.57 Å². The molecular weight excluding hydrogens is 340 g/mol. The molecule has 26 heavy (non-hydrogen) atoms. The number of carbonyl (C=O) groups is 1. The van der Waals surface area contributed by atoms with Gasteiger partial charge in [-0.3, -0.25) is 4.79 Å². The molecule has 3 rings (SSSR count). The van der Waals surface area contributed by atoms with Crippen molar-refractivity contribution in [2.24, 2.45) is 4.99 Å². The van der Waals surface area contributed by atoms with Crippen molar-refractivity contribution in [2.45, 2.75) is 53.0 Å². The van der Waals surface area contributed by atoms with Gasteiger partial charge in [-0.15, -0.1) is 0 Å². The number of benzene rings is 2. The van der Waals surface area contributed by atoms with Crippen LogP contribution in [-0.2, 0) is 24.2 Å². The lowest BCUT2D eigenvalue weighted by Crippen LogP contribution is -2.16. The van der Waals surface area contributed by atoms with E-state index in [2.05, 4.69) is 67.6 Å². The zero-order valence-corrected chi connectivity index (χ0v) is 16.8. The zero-order chi connectivity index (χ0) is 18.7. The van der Waals surface area contributed by atoms with Crippen LogP contribution in [0.25, 0.3) is 10.2 Å². The number of aryl methyl sites for hydroxylation is 2. The lowest BCUT2D eigenvalue weighted by atomic mass is 10.0. The molecule has 1 heterocycles. The fourth-order valence-electron chi connectivity index (χ4n) is 3.05. The Hall–Kier alpha value is -2.20. The van der Waals surface area contributed by atoms with Crippen molar-refractivity contribution >= 4 is 27.5 Å². The van der Waals surface area contributed by atoms with E-state index in [0.717, 1.165) is 28.8 Å². The number of rotatable bonds is 5. The molecule has 3 nitrogen and oxygen atoms in total. The van der Waals surface area contributed by atoms with Crippen LogP contribution in [0.2, 0.25) is 0 Å². The highest BCUT2D eigenvalue weighted by atomic mass is 32.1. The molecule has 0 saturated carbocycles. The van der Waals surface area contributed by atoms with Crippen molar-refractivity contribution in [3.05, 3.63) is 64.0 Å². The van der Waals surface area contributed by atoms with Gasteiger partial charge in [0.1, 0.15) is 0 Å². The Kier molecular flexibility index (Phi) is 5.72. The van der Waals surface area contributed by atoms with E-state index >= 15 is 0 Å². The highest BCUT2D eigenvalue weighted by Gasteiger charge is 2.09. The van der Waals surface area contributed by atoms with Crippen molar-refractivity contribution in [3.8, 4) is 0 Å². The maximum Gasteiger partial charge on any atom is 0.252 e. The first kappa shape index (κ1) is 18.6. The molecule has 0 aliphatic rings. The summed E-state index contributed by atoms with van der Waals surface area (Å²) in [5, 5.41) is 0. The molecular formula is C22H26N2OS. The molecule has 0 spiro atoms. The van der Waals surface area contributed by atoms with Gasteiger partial charge in [0.15, 0.2) is 4.80 Å². The monoisotopic (exact) mass is 366 g/mol. The molecule has 0 radical (unpaired) electrons. The second-order valence-corrected chi connectivity index (χ2v) is 7.87. The molecule has 3 aromatic rings. The first-order valence-electron chi connectivity index (χ1n) is 9.30. The zero-order valence-electron chi connectivity index (χ0n) is 16.0. The highest BCUT2D eigenvalue weighted by Crippen LogP contribution is 2.23. The van der Waals surface area contributed by atoms with Crippen LogP contribution in [-0.4, -0.2) is 10.5 Å². The van der Waals surface area contributed by atoms with Gasteiger partial charge in [0, 0.05) is 6.54 Å². The Morgan fingerprint density at radius 3 is 2.38 bits per heavy atom. The summed E-state index contributed by atoms with van der Waals surface area (Å²) in [6, 6.07) is 14.8. The van der Waals surface area contributed by atoms with Gasteiger partial charge >= 0.3 is 0 Å². The third kappa shape index (κ3) is 3.96. The number of aromatic nitrogens is 1. The summed E-state index contributed by atoms with van der Waals surface area (Å²) in [5.41, 5.74) is 4.77. The van der Waals surface area contributed by atoms with Gasteiger partial charge in [-0.1, -0.05) is 62.4 Å². The molecule has 136 valence electrons. The van der Waals surface area contributed by atoms with Crippen molar-refractivity contribution in [1.82, 2.24) is 4.57 Å². The molecule has 0 unspecified atom stereocenters. The molecule has 1 aromatic heterocycles. The first-order chi connectivity index (χ1) is 12.5. The number of thiazole rings is 1. The Balaban J connectivity index is 1.93. The molecule has 0 aliphatic heterocycles. The topological polar surface area (TPSA) is 34.4 Å². The standard InChI is InChI=1S/C22H26N2OS/c1-5-16-7-9-17(10-8-16)13-21(25)23-22-24(6-2)19-12-11-18(15(3)4)14-20(19)26-22/h7-12,14-15H,5-6,13H2,1-4H3. The summed E-state index contributed by atoms with van der Waals surface area (Å²) < 4.78 is 3.32. The van der Waals surface area contributed by atoms with E-state index in [1.165, 1.54) is 15.8 Å². The van der Waals surface area contributed by atoms with Crippen molar-refractivity contribution in [1.29, 1.82) is 0 Å². The van der Waals surface area contributed by atoms with Gasteiger partial charge in [0.05, 0.1) is 16.6 Å². The average molecular weight is 367 g/mol. The first-order valence-corrected chi connectivity index (χ1v) is 10.1. The fourth-order valence-corrected chi connectivity index (χ4v) is 4.21. The number of fused-ring (bicyclic) bond motifs is 1. The van der Waals surface area contributed by atoms with Gasteiger partial charge in [-0.25, -0.2) is 0 Å². The number of hydrogen-bond donors (Lipinski definition) is 0. The largest absolute Gasteiger partial charge is 0.317 e. The lowest BCUT2D eigenvalue weighted by Gasteiger charge is -2.05. The molecule has 0 N–H and O–H groups in total. The fraction of sp³-hybridized carbons (Fsp3) is 0.364. The van der Waals surface area contributed by atoms with Crippen LogP contribution < -0.4 is 4.80 Å². The van der Waals surface area contributed by atoms with Crippen LogP contribution in [0.1, 0.15) is 50.3 Å². The maximum absolute atomic E-state index is 12.5. The maximum atomic E-state index is 12.5. The van der Waals surface area contributed by atoms with Gasteiger partial charge in [-0.2, -0.15) is 4.99 Å². The SMILES string of the molecule is CCc1ccc(CC(=O)N=c2sc3cc(C(C)C)ccc3n2CC)cc1. The molecule has 0 fully saturated rings. The summed E-state index contributed by atoms with van der Waals surface area (Å²) >= 11 is 1.60. The normalized spacial score (nSPS) is 12.3. The Labute approximate surface area is 159 Å². The van der Waals surface area contributed by atoms with E-state index in [9.17, 15) is 4.79 Å². The van der Waals surface area contributed by atoms with Gasteiger partial charge in [0.2, 0.25) is 0 Å². The molecule has 2 aromatic carbocycles. The molecule has 0 saturated heterocycles. The Morgan fingerprint density at radius 2 is 1.77 bits per heavy atom.